The standard InChI is InChI=1S/C30H43N5O2/c1-10-15-34(7)29(24(5)32-20-23(4)25-11-14-28(31-6)22(3)18-25)33-26-12-13-27(21(2)19-26)30(36)35(8)16-17-37-9/h10-15,18-20,29,31,33H,16-17H2,1-9H3/b15-10-,23-20+,32-24?. The fraction of sp³-hybridized carbons (Fsp3) is 0.400. The molecule has 2 rings (SSSR count). The molecule has 0 saturated carbocycles. The van der Waals surface area contributed by atoms with Gasteiger partial charge in [-0.25, -0.2) is 0 Å². The number of anilines is 2. The Hall–Kier alpha value is -3.58. The molecule has 0 aromatic heterocycles. The number of methoxy groups -OCH3 is 1. The molecule has 0 heterocycles. The van der Waals surface area contributed by atoms with E-state index in [0.717, 1.165) is 33.8 Å². The lowest BCUT2D eigenvalue weighted by atomic mass is 10.0. The maximum Gasteiger partial charge on any atom is 0.253 e. The van der Waals surface area contributed by atoms with Gasteiger partial charge in [-0.15, -0.1) is 0 Å². The van der Waals surface area contributed by atoms with E-state index in [9.17, 15) is 4.79 Å². The lowest BCUT2D eigenvalue weighted by Gasteiger charge is -2.29. The number of likely N-dealkylation sites (N-methyl/N-ethyl adjacent to an activating group) is 1. The zero-order valence-corrected chi connectivity index (χ0v) is 23.8. The van der Waals surface area contributed by atoms with Crippen LogP contribution in [0.5, 0.6) is 0 Å². The summed E-state index contributed by atoms with van der Waals surface area (Å²) in [5.74, 6) is -0.0139. The average Bonchev–Trinajstić information content (AvgIpc) is 2.88. The second-order valence-electron chi connectivity index (χ2n) is 9.31. The normalized spacial score (nSPS) is 13.0. The maximum atomic E-state index is 12.8. The van der Waals surface area contributed by atoms with Crippen LogP contribution in [0.25, 0.3) is 5.57 Å². The van der Waals surface area contributed by atoms with E-state index in [1.165, 1.54) is 5.56 Å². The number of nitrogens with zero attached hydrogens (tertiary/aromatic N) is 3. The fourth-order valence-corrected chi connectivity index (χ4v) is 4.04. The second kappa shape index (κ2) is 14.2. The fourth-order valence-electron chi connectivity index (χ4n) is 4.04. The Kier molecular flexibility index (Phi) is 11.4. The minimum Gasteiger partial charge on any atom is -0.388 e. The molecule has 0 aliphatic carbocycles. The van der Waals surface area contributed by atoms with Crippen LogP contribution < -0.4 is 10.6 Å². The molecule has 0 saturated heterocycles. The summed E-state index contributed by atoms with van der Waals surface area (Å²) >= 11 is 0. The number of aliphatic imine (C=N–C) groups is 1. The van der Waals surface area contributed by atoms with Crippen molar-refractivity contribution in [1.82, 2.24) is 9.80 Å². The molecule has 2 aromatic rings. The largest absolute Gasteiger partial charge is 0.388 e. The molecule has 7 nitrogen and oxygen atoms in total. The summed E-state index contributed by atoms with van der Waals surface area (Å²) in [7, 11) is 7.38. The van der Waals surface area contributed by atoms with Gasteiger partial charge in [-0.1, -0.05) is 12.1 Å². The van der Waals surface area contributed by atoms with Crippen LogP contribution in [0.2, 0.25) is 0 Å². The summed E-state index contributed by atoms with van der Waals surface area (Å²) in [6.45, 7) is 11.2. The van der Waals surface area contributed by atoms with E-state index < -0.39 is 0 Å². The van der Waals surface area contributed by atoms with Crippen LogP contribution >= 0.6 is 0 Å². The SMILES string of the molecule is C/C=C\N(C)C(Nc1ccc(C(=O)N(C)CCOC)c(C)c1)C(C)=N/C=C(\C)c1ccc(NC)c(C)c1. The number of nitrogens with one attached hydrogen (secondary N) is 2. The van der Waals surface area contributed by atoms with Crippen LogP contribution in [0.3, 0.4) is 0 Å². The molecule has 1 amide bonds. The minimum atomic E-state index is -0.168. The number of benzene rings is 2. The van der Waals surface area contributed by atoms with Gasteiger partial charge in [0.25, 0.3) is 5.91 Å². The molecule has 1 unspecified atom stereocenters. The number of rotatable bonds is 12. The summed E-state index contributed by atoms with van der Waals surface area (Å²) in [5.41, 5.74) is 7.99. The molecule has 2 N–H and O–H groups in total. The predicted octanol–water partition coefficient (Wildman–Crippen LogP) is 5.79. The van der Waals surface area contributed by atoms with E-state index in [-0.39, 0.29) is 12.1 Å². The van der Waals surface area contributed by atoms with Crippen LogP contribution in [0.4, 0.5) is 11.4 Å². The molecule has 0 aliphatic heterocycles. The maximum absolute atomic E-state index is 12.8. The first kappa shape index (κ1) is 29.6. The Morgan fingerprint density at radius 1 is 1.11 bits per heavy atom. The molecule has 37 heavy (non-hydrogen) atoms. The Labute approximate surface area is 222 Å². The Bertz CT molecular complexity index is 1150. The van der Waals surface area contributed by atoms with Crippen LogP contribution in [-0.2, 0) is 4.74 Å². The molecule has 2 aromatic carbocycles. The van der Waals surface area contributed by atoms with E-state index in [1.54, 1.807) is 19.1 Å². The highest BCUT2D eigenvalue weighted by atomic mass is 16.5. The number of hydrogen-bond acceptors (Lipinski definition) is 6. The average molecular weight is 506 g/mol. The third-order valence-electron chi connectivity index (χ3n) is 6.34. The first-order chi connectivity index (χ1) is 17.6. The number of aryl methyl sites for hydroxylation is 2. The number of allylic oxidation sites excluding steroid dienone is 2. The van der Waals surface area contributed by atoms with Crippen LogP contribution in [0.15, 0.2) is 59.9 Å². The van der Waals surface area contributed by atoms with Gasteiger partial charge < -0.3 is 25.2 Å². The van der Waals surface area contributed by atoms with Crippen molar-refractivity contribution in [3.8, 4) is 0 Å². The molecule has 0 radical (unpaired) electrons. The van der Waals surface area contributed by atoms with Gasteiger partial charge in [0.15, 0.2) is 0 Å². The van der Waals surface area contributed by atoms with E-state index in [2.05, 4.69) is 47.6 Å². The monoisotopic (exact) mass is 505 g/mol. The molecule has 1 atom stereocenters. The molecule has 0 fully saturated rings. The number of hydrogen-bond donors (Lipinski definition) is 2. The summed E-state index contributed by atoms with van der Waals surface area (Å²) < 4.78 is 5.10. The number of amides is 1. The first-order valence-corrected chi connectivity index (χ1v) is 12.6. The van der Waals surface area contributed by atoms with E-state index in [0.29, 0.717) is 18.7 Å². The van der Waals surface area contributed by atoms with Gasteiger partial charge in [0.05, 0.1) is 12.3 Å². The van der Waals surface area contributed by atoms with Gasteiger partial charge >= 0.3 is 0 Å². The van der Waals surface area contributed by atoms with Crippen molar-refractivity contribution >= 4 is 28.6 Å². The second-order valence-corrected chi connectivity index (χ2v) is 9.31. The quantitative estimate of drug-likeness (QED) is 0.282. The number of carbonyl (C=O) groups excluding carboxylic acids is 1. The van der Waals surface area contributed by atoms with Crippen molar-refractivity contribution in [2.45, 2.75) is 40.8 Å². The van der Waals surface area contributed by atoms with Crippen molar-refractivity contribution < 1.29 is 9.53 Å². The Morgan fingerprint density at radius 2 is 1.84 bits per heavy atom. The van der Waals surface area contributed by atoms with Gasteiger partial charge in [-0.2, -0.15) is 0 Å². The van der Waals surface area contributed by atoms with Crippen LogP contribution in [-0.4, -0.2) is 69.0 Å². The highest BCUT2D eigenvalue weighted by Crippen LogP contribution is 2.22. The summed E-state index contributed by atoms with van der Waals surface area (Å²) in [6, 6.07) is 12.2. The van der Waals surface area contributed by atoms with Gasteiger partial charge in [0.1, 0.15) is 6.17 Å². The summed E-state index contributed by atoms with van der Waals surface area (Å²) in [4.78, 5) is 21.4. The van der Waals surface area contributed by atoms with Gasteiger partial charge in [0.2, 0.25) is 0 Å². The zero-order valence-electron chi connectivity index (χ0n) is 23.8. The molecule has 0 bridgehead atoms. The number of ether oxygens (including phenoxy) is 1. The highest BCUT2D eigenvalue weighted by molar-refractivity contribution is 5.96. The summed E-state index contributed by atoms with van der Waals surface area (Å²) in [6.07, 6.45) is 5.77. The van der Waals surface area contributed by atoms with Gasteiger partial charge in [-0.05, 0) is 93.4 Å². The lowest BCUT2D eigenvalue weighted by molar-refractivity contribution is 0.0743. The lowest BCUT2D eigenvalue weighted by Crippen LogP contribution is -2.40. The molecular formula is C30H43N5O2. The topological polar surface area (TPSA) is 69.2 Å². The van der Waals surface area contributed by atoms with Crippen molar-refractivity contribution in [1.29, 1.82) is 0 Å². The Balaban J connectivity index is 2.28. The van der Waals surface area contributed by atoms with Gasteiger partial charge in [0, 0.05) is 57.9 Å². The molecule has 0 spiro atoms. The predicted molar refractivity (Wildman–Crippen MR) is 157 cm³/mol. The van der Waals surface area contributed by atoms with Crippen molar-refractivity contribution in [3.63, 3.8) is 0 Å². The molecular weight excluding hydrogens is 462 g/mol. The van der Waals surface area contributed by atoms with E-state index in [1.807, 2.05) is 71.5 Å². The van der Waals surface area contributed by atoms with E-state index >= 15 is 0 Å². The van der Waals surface area contributed by atoms with Crippen LogP contribution in [0, 0.1) is 13.8 Å². The molecule has 7 heteroatoms. The molecule has 0 aliphatic rings. The molecule has 200 valence electrons. The summed E-state index contributed by atoms with van der Waals surface area (Å²) in [5, 5.41) is 6.79. The van der Waals surface area contributed by atoms with Crippen molar-refractivity contribution in [2.75, 3.05) is 52.0 Å². The van der Waals surface area contributed by atoms with Crippen molar-refractivity contribution in [2.24, 2.45) is 4.99 Å². The van der Waals surface area contributed by atoms with Crippen molar-refractivity contribution in [3.05, 3.63) is 77.1 Å². The minimum absolute atomic E-state index is 0.0139. The third kappa shape index (κ3) is 8.22. The van der Waals surface area contributed by atoms with E-state index in [4.69, 9.17) is 9.73 Å². The first-order valence-electron chi connectivity index (χ1n) is 12.6. The smallest absolute Gasteiger partial charge is 0.253 e. The van der Waals surface area contributed by atoms with Gasteiger partial charge in [-0.3, -0.25) is 9.79 Å². The van der Waals surface area contributed by atoms with Crippen LogP contribution in [0.1, 0.15) is 47.8 Å². The Morgan fingerprint density at radius 3 is 2.43 bits per heavy atom. The highest BCUT2D eigenvalue weighted by Gasteiger charge is 2.18. The zero-order chi connectivity index (χ0) is 27.5. The number of carbonyl (C=O) groups is 1. The third-order valence-corrected chi connectivity index (χ3v) is 6.34.